The van der Waals surface area contributed by atoms with Gasteiger partial charge < -0.3 is 4.74 Å². The van der Waals surface area contributed by atoms with Crippen molar-refractivity contribution in [3.63, 3.8) is 0 Å². The van der Waals surface area contributed by atoms with Gasteiger partial charge in [0.15, 0.2) is 0 Å². The van der Waals surface area contributed by atoms with Gasteiger partial charge in [-0.25, -0.2) is 0 Å². The van der Waals surface area contributed by atoms with E-state index < -0.39 is 0 Å². The van der Waals surface area contributed by atoms with Crippen LogP contribution in [0, 0.1) is 6.92 Å². The lowest BCUT2D eigenvalue weighted by Gasteiger charge is -1.91. The van der Waals surface area contributed by atoms with Crippen molar-refractivity contribution in [3.8, 4) is 5.75 Å². The SMILES string of the molecule is COc1cc(C)sc1Cl. The Labute approximate surface area is 63.2 Å². The van der Waals surface area contributed by atoms with Gasteiger partial charge in [0, 0.05) is 4.88 Å². The maximum atomic E-state index is 5.74. The molecule has 1 nitrogen and oxygen atoms in total. The van der Waals surface area contributed by atoms with Crippen molar-refractivity contribution < 1.29 is 4.74 Å². The Morgan fingerprint density at radius 2 is 2.33 bits per heavy atom. The molecule has 1 aromatic heterocycles. The van der Waals surface area contributed by atoms with Crippen molar-refractivity contribution in [2.45, 2.75) is 6.92 Å². The van der Waals surface area contributed by atoms with Crippen LogP contribution >= 0.6 is 22.9 Å². The Balaban J connectivity index is 3.01. The molecule has 0 fully saturated rings. The number of aryl methyl sites for hydroxylation is 1. The van der Waals surface area contributed by atoms with Crippen molar-refractivity contribution in [1.82, 2.24) is 0 Å². The standard InChI is InChI=1S/C6H7ClOS/c1-4-3-5(8-2)6(7)9-4/h3H,1-2H3. The molecule has 0 saturated carbocycles. The van der Waals surface area contributed by atoms with E-state index in [2.05, 4.69) is 0 Å². The van der Waals surface area contributed by atoms with E-state index in [1.807, 2.05) is 13.0 Å². The average molecular weight is 163 g/mol. The van der Waals surface area contributed by atoms with Crippen LogP contribution < -0.4 is 4.74 Å². The van der Waals surface area contributed by atoms with Gasteiger partial charge in [-0.1, -0.05) is 11.6 Å². The van der Waals surface area contributed by atoms with Gasteiger partial charge in [0.2, 0.25) is 0 Å². The molecule has 0 aromatic carbocycles. The summed E-state index contributed by atoms with van der Waals surface area (Å²) in [5.74, 6) is 0.777. The lowest BCUT2D eigenvalue weighted by molar-refractivity contribution is 0.417. The molecule has 0 bridgehead atoms. The Morgan fingerprint density at radius 3 is 2.56 bits per heavy atom. The van der Waals surface area contributed by atoms with Gasteiger partial charge in [-0.15, -0.1) is 11.3 Å². The normalized spacial score (nSPS) is 9.67. The second-order valence-electron chi connectivity index (χ2n) is 1.70. The maximum Gasteiger partial charge on any atom is 0.148 e. The van der Waals surface area contributed by atoms with Crippen LogP contribution in [0.4, 0.5) is 0 Å². The van der Waals surface area contributed by atoms with E-state index in [1.165, 1.54) is 16.2 Å². The highest BCUT2D eigenvalue weighted by molar-refractivity contribution is 7.16. The molecular formula is C6H7ClOS. The van der Waals surface area contributed by atoms with E-state index in [9.17, 15) is 0 Å². The summed E-state index contributed by atoms with van der Waals surface area (Å²) in [7, 11) is 1.62. The monoisotopic (exact) mass is 162 g/mol. The predicted octanol–water partition coefficient (Wildman–Crippen LogP) is 2.72. The zero-order chi connectivity index (χ0) is 6.85. The van der Waals surface area contributed by atoms with Crippen LogP contribution in [0.3, 0.4) is 0 Å². The van der Waals surface area contributed by atoms with Crippen LogP contribution in [0.15, 0.2) is 6.07 Å². The first-order valence-electron chi connectivity index (χ1n) is 2.54. The molecule has 0 saturated heterocycles. The minimum atomic E-state index is 0.731. The molecular weight excluding hydrogens is 156 g/mol. The van der Waals surface area contributed by atoms with Gasteiger partial charge >= 0.3 is 0 Å². The van der Waals surface area contributed by atoms with Crippen LogP contribution in [0.2, 0.25) is 4.34 Å². The molecule has 50 valence electrons. The van der Waals surface area contributed by atoms with Gasteiger partial charge in [0.05, 0.1) is 7.11 Å². The molecule has 0 spiro atoms. The summed E-state index contributed by atoms with van der Waals surface area (Å²) >= 11 is 7.27. The van der Waals surface area contributed by atoms with Crippen molar-refractivity contribution in [2.24, 2.45) is 0 Å². The number of methoxy groups -OCH3 is 1. The molecule has 0 aliphatic carbocycles. The Morgan fingerprint density at radius 1 is 1.67 bits per heavy atom. The lowest BCUT2D eigenvalue weighted by Crippen LogP contribution is -1.77. The van der Waals surface area contributed by atoms with Crippen molar-refractivity contribution >= 4 is 22.9 Å². The summed E-state index contributed by atoms with van der Waals surface area (Å²) in [5, 5.41) is 0. The molecule has 0 amide bonds. The van der Waals surface area contributed by atoms with Crippen LogP contribution in [0.5, 0.6) is 5.75 Å². The highest BCUT2D eigenvalue weighted by atomic mass is 35.5. The minimum absolute atomic E-state index is 0.731. The van der Waals surface area contributed by atoms with E-state index in [4.69, 9.17) is 16.3 Å². The highest BCUT2D eigenvalue weighted by Gasteiger charge is 2.01. The van der Waals surface area contributed by atoms with E-state index in [1.54, 1.807) is 7.11 Å². The number of thiophene rings is 1. The van der Waals surface area contributed by atoms with Crippen LogP contribution in [0.1, 0.15) is 4.88 Å². The molecule has 3 heteroatoms. The van der Waals surface area contributed by atoms with Gasteiger partial charge in [-0.2, -0.15) is 0 Å². The molecule has 0 unspecified atom stereocenters. The fraction of sp³-hybridized carbons (Fsp3) is 0.333. The first-order valence-corrected chi connectivity index (χ1v) is 3.73. The van der Waals surface area contributed by atoms with Crippen LogP contribution in [-0.4, -0.2) is 7.11 Å². The summed E-state index contributed by atoms with van der Waals surface area (Å²) in [6.07, 6.45) is 0. The van der Waals surface area contributed by atoms with Gasteiger partial charge in [-0.05, 0) is 13.0 Å². The third-order valence-corrected chi connectivity index (χ3v) is 2.24. The van der Waals surface area contributed by atoms with Crippen molar-refractivity contribution in [1.29, 1.82) is 0 Å². The molecule has 1 heterocycles. The second-order valence-corrected chi connectivity index (χ2v) is 3.56. The number of hydrogen-bond donors (Lipinski definition) is 0. The highest BCUT2D eigenvalue weighted by Crippen LogP contribution is 2.32. The van der Waals surface area contributed by atoms with Gasteiger partial charge in [0.1, 0.15) is 10.1 Å². The molecule has 0 aliphatic heterocycles. The van der Waals surface area contributed by atoms with E-state index in [0.717, 1.165) is 10.1 Å². The molecule has 1 rings (SSSR count). The van der Waals surface area contributed by atoms with E-state index in [0.29, 0.717) is 0 Å². The summed E-state index contributed by atoms with van der Waals surface area (Å²) in [6, 6.07) is 1.92. The lowest BCUT2D eigenvalue weighted by atomic mass is 10.5. The molecule has 0 aliphatic rings. The van der Waals surface area contributed by atoms with Crippen molar-refractivity contribution in [2.75, 3.05) is 7.11 Å². The third kappa shape index (κ3) is 1.37. The molecule has 1 aromatic rings. The minimum Gasteiger partial charge on any atom is -0.494 e. The largest absolute Gasteiger partial charge is 0.494 e. The predicted molar refractivity (Wildman–Crippen MR) is 40.6 cm³/mol. The topological polar surface area (TPSA) is 9.23 Å². The second kappa shape index (κ2) is 2.58. The first kappa shape index (κ1) is 6.90. The van der Waals surface area contributed by atoms with E-state index >= 15 is 0 Å². The summed E-state index contributed by atoms with van der Waals surface area (Å²) in [6.45, 7) is 2.00. The molecule has 0 N–H and O–H groups in total. The third-order valence-electron chi connectivity index (χ3n) is 0.999. The Bertz CT molecular complexity index is 207. The van der Waals surface area contributed by atoms with Crippen LogP contribution in [0.25, 0.3) is 0 Å². The number of rotatable bonds is 1. The smallest absolute Gasteiger partial charge is 0.148 e. The zero-order valence-corrected chi connectivity index (χ0v) is 6.84. The number of hydrogen-bond acceptors (Lipinski definition) is 2. The van der Waals surface area contributed by atoms with Crippen molar-refractivity contribution in [3.05, 3.63) is 15.3 Å². The molecule has 9 heavy (non-hydrogen) atoms. The fourth-order valence-electron chi connectivity index (χ4n) is 0.602. The summed E-state index contributed by atoms with van der Waals surface area (Å²) < 4.78 is 5.68. The number of halogens is 1. The van der Waals surface area contributed by atoms with Crippen LogP contribution in [-0.2, 0) is 0 Å². The van der Waals surface area contributed by atoms with Gasteiger partial charge in [-0.3, -0.25) is 0 Å². The molecule has 0 atom stereocenters. The Kier molecular flexibility index (Phi) is 1.98. The average Bonchev–Trinajstić information content (AvgIpc) is 2.10. The maximum absolute atomic E-state index is 5.74. The summed E-state index contributed by atoms with van der Waals surface area (Å²) in [5.41, 5.74) is 0. The fourth-order valence-corrected chi connectivity index (χ4v) is 1.79. The number of ether oxygens (including phenoxy) is 1. The van der Waals surface area contributed by atoms with Gasteiger partial charge in [0.25, 0.3) is 0 Å². The first-order chi connectivity index (χ1) is 4.24. The van der Waals surface area contributed by atoms with E-state index in [-0.39, 0.29) is 0 Å². The quantitative estimate of drug-likeness (QED) is 0.617. The zero-order valence-electron chi connectivity index (χ0n) is 5.27. The summed E-state index contributed by atoms with van der Waals surface area (Å²) in [4.78, 5) is 1.18. The molecule has 0 radical (unpaired) electrons. The Hall–Kier alpha value is -0.210.